The summed E-state index contributed by atoms with van der Waals surface area (Å²) in [7, 11) is 0. The first-order valence-electron chi connectivity index (χ1n) is 2.91. The van der Waals surface area contributed by atoms with Gasteiger partial charge in [-0.1, -0.05) is 11.6 Å². The van der Waals surface area contributed by atoms with Gasteiger partial charge in [0.2, 0.25) is 0 Å². The molecule has 1 unspecified atom stereocenters. The number of nitrogens with two attached hydrogens (primary N) is 1. The van der Waals surface area contributed by atoms with Crippen LogP contribution < -0.4 is 5.73 Å². The highest BCUT2D eigenvalue weighted by Gasteiger charge is 2.08. The molecule has 0 aliphatic rings. The van der Waals surface area contributed by atoms with E-state index >= 15 is 0 Å². The number of benzene rings is 1. The van der Waals surface area contributed by atoms with Crippen LogP contribution in [0.1, 0.15) is 0 Å². The van der Waals surface area contributed by atoms with Crippen LogP contribution in [0.25, 0.3) is 0 Å². The molecule has 0 spiro atoms. The Balaban J connectivity index is 3.31. The van der Waals surface area contributed by atoms with Gasteiger partial charge in [0.15, 0.2) is 16.8 Å². The lowest BCUT2D eigenvalue weighted by Gasteiger charge is -2.02. The number of nitrogen functional groups attached to an aromatic ring is 1. The van der Waals surface area contributed by atoms with E-state index in [4.69, 9.17) is 27.0 Å². The zero-order valence-corrected chi connectivity index (χ0v) is 7.39. The van der Waals surface area contributed by atoms with Gasteiger partial charge in [0.05, 0.1) is 15.6 Å². The van der Waals surface area contributed by atoms with E-state index in [-0.39, 0.29) is 21.4 Å². The fourth-order valence-corrected chi connectivity index (χ4v) is 1.43. The highest BCUT2D eigenvalue weighted by molar-refractivity contribution is 7.79. The summed E-state index contributed by atoms with van der Waals surface area (Å²) in [5, 5.41) is 9.04. The molecule has 0 fully saturated rings. The van der Waals surface area contributed by atoms with Crippen LogP contribution in [0.5, 0.6) is 5.75 Å². The molecule has 0 radical (unpaired) electrons. The maximum absolute atomic E-state index is 10.5. The van der Waals surface area contributed by atoms with Crippen LogP contribution in [0.3, 0.4) is 0 Å². The second kappa shape index (κ2) is 3.30. The zero-order chi connectivity index (χ0) is 9.30. The molecule has 0 aliphatic heterocycles. The number of rotatable bonds is 1. The van der Waals surface area contributed by atoms with Crippen molar-refractivity contribution >= 4 is 28.4 Å². The number of phenolic OH excluding ortho intramolecular Hbond substituents is 1. The number of phenols is 1. The van der Waals surface area contributed by atoms with Gasteiger partial charge in [0.1, 0.15) is 0 Å². The van der Waals surface area contributed by atoms with Gasteiger partial charge in [-0.25, -0.2) is 4.21 Å². The van der Waals surface area contributed by atoms with Gasteiger partial charge in [-0.05, 0) is 12.1 Å². The van der Waals surface area contributed by atoms with Crippen LogP contribution >= 0.6 is 11.6 Å². The summed E-state index contributed by atoms with van der Waals surface area (Å²) in [5.74, 6) is -0.272. The lowest BCUT2D eigenvalue weighted by molar-refractivity contribution is 0.477. The number of anilines is 1. The predicted octanol–water partition coefficient (Wildman–Crippen LogP) is 1.21. The molecule has 0 aromatic heterocycles. The average Bonchev–Trinajstić information content (AvgIpc) is 1.99. The third kappa shape index (κ3) is 1.69. The molecule has 0 aliphatic carbocycles. The smallest absolute Gasteiger partial charge is 0.186 e. The Bertz CT molecular complexity index is 319. The Hall–Kier alpha value is -0.780. The van der Waals surface area contributed by atoms with Crippen molar-refractivity contribution in [2.24, 2.45) is 0 Å². The summed E-state index contributed by atoms with van der Waals surface area (Å²) in [6, 6.07) is 2.38. The van der Waals surface area contributed by atoms with Gasteiger partial charge in [-0.15, -0.1) is 0 Å². The Morgan fingerprint density at radius 2 is 2.08 bits per heavy atom. The van der Waals surface area contributed by atoms with E-state index in [2.05, 4.69) is 0 Å². The van der Waals surface area contributed by atoms with Gasteiger partial charge in [0.25, 0.3) is 0 Å². The fraction of sp³-hybridized carbons (Fsp3) is 0. The molecule has 0 amide bonds. The number of halogens is 1. The second-order valence-corrected chi connectivity index (χ2v) is 3.47. The minimum absolute atomic E-state index is 0.0140. The average molecular weight is 208 g/mol. The standard InChI is InChI=1S/C6H6ClNO3S/c7-4-1-3(12(10)11)2-5(8)6(4)9/h1-2,9H,8H2,(H,10,11). The first kappa shape index (κ1) is 9.31. The molecule has 66 valence electrons. The maximum Gasteiger partial charge on any atom is 0.186 e. The SMILES string of the molecule is Nc1cc(S(=O)O)cc(Cl)c1O. The molecule has 0 heterocycles. The van der Waals surface area contributed by atoms with Crippen molar-refractivity contribution in [1.82, 2.24) is 0 Å². The van der Waals surface area contributed by atoms with Crippen LogP contribution in [-0.2, 0) is 11.1 Å². The summed E-state index contributed by atoms with van der Waals surface area (Å²) in [4.78, 5) is 0.0651. The number of hydrogen-bond acceptors (Lipinski definition) is 3. The van der Waals surface area contributed by atoms with Gasteiger partial charge >= 0.3 is 0 Å². The van der Waals surface area contributed by atoms with E-state index in [1.54, 1.807) is 0 Å². The number of hydrogen-bond donors (Lipinski definition) is 3. The van der Waals surface area contributed by atoms with Crippen molar-refractivity contribution in [1.29, 1.82) is 0 Å². The summed E-state index contributed by atoms with van der Waals surface area (Å²) in [6.07, 6.45) is 0. The summed E-state index contributed by atoms with van der Waals surface area (Å²) in [5.41, 5.74) is 5.27. The third-order valence-electron chi connectivity index (χ3n) is 1.27. The molecule has 4 N–H and O–H groups in total. The van der Waals surface area contributed by atoms with E-state index < -0.39 is 11.1 Å². The molecular formula is C6H6ClNO3S. The second-order valence-electron chi connectivity index (χ2n) is 2.09. The van der Waals surface area contributed by atoms with E-state index in [9.17, 15) is 4.21 Å². The quantitative estimate of drug-likeness (QED) is 0.367. The molecule has 0 bridgehead atoms. The molecule has 4 nitrogen and oxygen atoms in total. The van der Waals surface area contributed by atoms with Crippen LogP contribution in [0.4, 0.5) is 5.69 Å². The van der Waals surface area contributed by atoms with Crippen molar-refractivity contribution in [3.8, 4) is 5.75 Å². The number of aromatic hydroxyl groups is 1. The van der Waals surface area contributed by atoms with Crippen LogP contribution in [-0.4, -0.2) is 13.9 Å². The van der Waals surface area contributed by atoms with Gasteiger partial charge in [-0.3, -0.25) is 0 Å². The molecule has 12 heavy (non-hydrogen) atoms. The molecule has 6 heteroatoms. The van der Waals surface area contributed by atoms with Gasteiger partial charge in [-0.2, -0.15) is 0 Å². The minimum atomic E-state index is -2.13. The molecule has 0 saturated heterocycles. The topological polar surface area (TPSA) is 83.6 Å². The first-order valence-corrected chi connectivity index (χ1v) is 4.39. The predicted molar refractivity (Wildman–Crippen MR) is 46.6 cm³/mol. The van der Waals surface area contributed by atoms with Crippen molar-refractivity contribution < 1.29 is 13.9 Å². The van der Waals surface area contributed by atoms with Crippen molar-refractivity contribution in [2.45, 2.75) is 4.90 Å². The van der Waals surface area contributed by atoms with Crippen LogP contribution in [0.15, 0.2) is 17.0 Å². The van der Waals surface area contributed by atoms with Crippen molar-refractivity contribution in [3.05, 3.63) is 17.2 Å². The Labute approximate surface area is 76.2 Å². The Morgan fingerprint density at radius 3 is 2.50 bits per heavy atom. The Kier molecular flexibility index (Phi) is 2.56. The zero-order valence-electron chi connectivity index (χ0n) is 5.82. The molecular weight excluding hydrogens is 202 g/mol. The van der Waals surface area contributed by atoms with Gasteiger partial charge < -0.3 is 15.4 Å². The molecule has 1 aromatic rings. The first-order chi connectivity index (χ1) is 5.52. The molecule has 1 atom stereocenters. The maximum atomic E-state index is 10.5. The lowest BCUT2D eigenvalue weighted by atomic mass is 10.3. The third-order valence-corrected chi connectivity index (χ3v) is 2.20. The van der Waals surface area contributed by atoms with Crippen molar-refractivity contribution in [2.75, 3.05) is 5.73 Å². The van der Waals surface area contributed by atoms with Crippen molar-refractivity contribution in [3.63, 3.8) is 0 Å². The Morgan fingerprint density at radius 1 is 1.50 bits per heavy atom. The van der Waals surface area contributed by atoms with E-state index in [0.717, 1.165) is 0 Å². The largest absolute Gasteiger partial charge is 0.504 e. The summed E-state index contributed by atoms with van der Waals surface area (Å²) < 4.78 is 19.2. The normalized spacial score (nSPS) is 12.8. The lowest BCUT2D eigenvalue weighted by Crippen LogP contribution is -1.92. The van der Waals surface area contributed by atoms with Crippen LogP contribution in [0, 0.1) is 0 Å². The van der Waals surface area contributed by atoms with E-state index in [1.807, 2.05) is 0 Å². The summed E-state index contributed by atoms with van der Waals surface area (Å²) >= 11 is 3.35. The highest BCUT2D eigenvalue weighted by Crippen LogP contribution is 2.31. The monoisotopic (exact) mass is 207 g/mol. The highest BCUT2D eigenvalue weighted by atomic mass is 35.5. The molecule has 0 saturated carbocycles. The van der Waals surface area contributed by atoms with E-state index in [0.29, 0.717) is 0 Å². The van der Waals surface area contributed by atoms with Crippen LogP contribution in [0.2, 0.25) is 5.02 Å². The summed E-state index contributed by atoms with van der Waals surface area (Å²) in [6.45, 7) is 0. The minimum Gasteiger partial charge on any atom is -0.504 e. The van der Waals surface area contributed by atoms with Gasteiger partial charge in [0, 0.05) is 0 Å². The van der Waals surface area contributed by atoms with E-state index in [1.165, 1.54) is 12.1 Å². The fourth-order valence-electron chi connectivity index (χ4n) is 0.695. The molecule has 1 rings (SSSR count). The molecule has 1 aromatic carbocycles.